The second-order valence-corrected chi connectivity index (χ2v) is 7.16. The van der Waals surface area contributed by atoms with Crippen molar-refractivity contribution in [3.63, 3.8) is 0 Å². The lowest BCUT2D eigenvalue weighted by Crippen LogP contribution is -2.29. The van der Waals surface area contributed by atoms with Gasteiger partial charge < -0.3 is 10.1 Å². The zero-order chi connectivity index (χ0) is 18.4. The number of hydrogen-bond acceptors (Lipinski definition) is 3. The van der Waals surface area contributed by atoms with Crippen LogP contribution in [0, 0.1) is 6.92 Å². The third kappa shape index (κ3) is 5.23. The summed E-state index contributed by atoms with van der Waals surface area (Å²) in [4.78, 5) is 14.6. The summed E-state index contributed by atoms with van der Waals surface area (Å²) in [5.41, 5.74) is 3.36. The summed E-state index contributed by atoms with van der Waals surface area (Å²) in [6, 6.07) is 13.7. The van der Waals surface area contributed by atoms with Gasteiger partial charge in [-0.1, -0.05) is 35.9 Å². The van der Waals surface area contributed by atoms with Gasteiger partial charge >= 0.3 is 0 Å². The first kappa shape index (κ1) is 18.7. The molecule has 1 aliphatic rings. The van der Waals surface area contributed by atoms with Crippen LogP contribution in [0.3, 0.4) is 0 Å². The molecule has 4 nitrogen and oxygen atoms in total. The van der Waals surface area contributed by atoms with Crippen molar-refractivity contribution in [2.24, 2.45) is 0 Å². The van der Waals surface area contributed by atoms with E-state index < -0.39 is 0 Å². The van der Waals surface area contributed by atoms with Gasteiger partial charge in [0.15, 0.2) is 6.61 Å². The molecule has 2 aromatic rings. The molecule has 1 N–H and O–H groups in total. The Morgan fingerprint density at radius 1 is 1.15 bits per heavy atom. The molecule has 0 bridgehead atoms. The van der Waals surface area contributed by atoms with Gasteiger partial charge in [0.1, 0.15) is 5.75 Å². The molecule has 0 saturated carbocycles. The van der Waals surface area contributed by atoms with Crippen molar-refractivity contribution >= 4 is 17.5 Å². The summed E-state index contributed by atoms with van der Waals surface area (Å²) < 4.78 is 5.60. The van der Waals surface area contributed by atoms with Crippen LogP contribution in [0.25, 0.3) is 0 Å². The first-order chi connectivity index (χ1) is 12.6. The zero-order valence-electron chi connectivity index (χ0n) is 15.1. The summed E-state index contributed by atoms with van der Waals surface area (Å²) in [7, 11) is 0. The van der Waals surface area contributed by atoms with E-state index in [2.05, 4.69) is 28.4 Å². The van der Waals surface area contributed by atoms with Gasteiger partial charge in [-0.05, 0) is 67.7 Å². The summed E-state index contributed by atoms with van der Waals surface area (Å²) in [6.07, 6.45) is 2.56. The number of aryl methyl sites for hydroxylation is 1. The molecule has 1 aliphatic heterocycles. The second-order valence-electron chi connectivity index (χ2n) is 6.73. The molecule has 3 rings (SSSR count). The third-order valence-corrected chi connectivity index (χ3v) is 4.92. The largest absolute Gasteiger partial charge is 0.484 e. The standard InChI is InChI=1S/C21H25ClN2O2/c1-16-12-19(22)8-9-20(16)26-15-21(25)23-13-17-6-2-3-7-18(17)14-24-10-4-5-11-24/h2-3,6-9,12H,4-5,10-11,13-15H2,1H3,(H,23,25). The SMILES string of the molecule is Cc1cc(Cl)ccc1OCC(=O)NCc1ccccc1CN1CCCC1. The van der Waals surface area contributed by atoms with Crippen LogP contribution in [-0.2, 0) is 17.9 Å². The van der Waals surface area contributed by atoms with E-state index in [1.54, 1.807) is 12.1 Å². The number of amides is 1. The van der Waals surface area contributed by atoms with Crippen LogP contribution in [0.4, 0.5) is 0 Å². The first-order valence-corrected chi connectivity index (χ1v) is 9.44. The minimum absolute atomic E-state index is 0.00321. The van der Waals surface area contributed by atoms with Crippen LogP contribution >= 0.6 is 11.6 Å². The molecule has 1 heterocycles. The highest BCUT2D eigenvalue weighted by molar-refractivity contribution is 6.30. The van der Waals surface area contributed by atoms with Crippen molar-refractivity contribution in [3.8, 4) is 5.75 Å². The normalized spacial score (nSPS) is 14.4. The maximum atomic E-state index is 12.2. The van der Waals surface area contributed by atoms with E-state index in [9.17, 15) is 4.79 Å². The minimum atomic E-state index is -0.129. The molecule has 138 valence electrons. The van der Waals surface area contributed by atoms with E-state index >= 15 is 0 Å². The Morgan fingerprint density at radius 2 is 1.88 bits per heavy atom. The highest BCUT2D eigenvalue weighted by Crippen LogP contribution is 2.21. The van der Waals surface area contributed by atoms with E-state index in [1.807, 2.05) is 19.1 Å². The van der Waals surface area contributed by atoms with E-state index in [-0.39, 0.29) is 12.5 Å². The van der Waals surface area contributed by atoms with Crippen molar-refractivity contribution in [1.82, 2.24) is 10.2 Å². The number of likely N-dealkylation sites (tertiary alicyclic amines) is 1. The molecule has 0 radical (unpaired) electrons. The number of hydrogen-bond donors (Lipinski definition) is 1. The van der Waals surface area contributed by atoms with Gasteiger partial charge in [-0.3, -0.25) is 9.69 Å². The van der Waals surface area contributed by atoms with E-state index in [0.717, 1.165) is 30.8 Å². The highest BCUT2D eigenvalue weighted by atomic mass is 35.5. The van der Waals surface area contributed by atoms with Crippen molar-refractivity contribution in [2.45, 2.75) is 32.9 Å². The minimum Gasteiger partial charge on any atom is -0.484 e. The number of nitrogens with zero attached hydrogens (tertiary/aromatic N) is 1. The number of nitrogens with one attached hydrogen (secondary N) is 1. The quantitative estimate of drug-likeness (QED) is 0.800. The van der Waals surface area contributed by atoms with Gasteiger partial charge in [-0.25, -0.2) is 0 Å². The van der Waals surface area contributed by atoms with Crippen LogP contribution in [0.1, 0.15) is 29.5 Å². The van der Waals surface area contributed by atoms with Crippen LogP contribution in [0.5, 0.6) is 5.75 Å². The number of benzene rings is 2. The Labute approximate surface area is 160 Å². The average Bonchev–Trinajstić information content (AvgIpc) is 3.13. The lowest BCUT2D eigenvalue weighted by atomic mass is 10.1. The Hall–Kier alpha value is -2.04. The van der Waals surface area contributed by atoms with E-state index in [1.165, 1.54) is 18.4 Å². The van der Waals surface area contributed by atoms with Gasteiger partial charge in [0, 0.05) is 18.1 Å². The summed E-state index contributed by atoms with van der Waals surface area (Å²) >= 11 is 5.93. The lowest BCUT2D eigenvalue weighted by Gasteiger charge is -2.18. The predicted molar refractivity (Wildman–Crippen MR) is 104 cm³/mol. The second kappa shape index (κ2) is 9.06. The molecule has 0 atom stereocenters. The van der Waals surface area contributed by atoms with Crippen LogP contribution < -0.4 is 10.1 Å². The number of rotatable bonds is 7. The van der Waals surface area contributed by atoms with Gasteiger partial charge in [-0.2, -0.15) is 0 Å². The molecule has 0 aliphatic carbocycles. The molecule has 1 fully saturated rings. The van der Waals surface area contributed by atoms with Gasteiger partial charge in [0.2, 0.25) is 0 Å². The Bertz CT molecular complexity index is 757. The number of carbonyl (C=O) groups excluding carboxylic acids is 1. The van der Waals surface area contributed by atoms with Crippen molar-refractivity contribution in [3.05, 3.63) is 64.2 Å². The van der Waals surface area contributed by atoms with Crippen molar-refractivity contribution < 1.29 is 9.53 Å². The average molecular weight is 373 g/mol. The lowest BCUT2D eigenvalue weighted by molar-refractivity contribution is -0.123. The molecular weight excluding hydrogens is 348 g/mol. The molecule has 0 unspecified atom stereocenters. The molecule has 5 heteroatoms. The fraction of sp³-hybridized carbons (Fsp3) is 0.381. The molecular formula is C21H25ClN2O2. The number of halogens is 1. The monoisotopic (exact) mass is 372 g/mol. The summed E-state index contributed by atoms with van der Waals surface area (Å²) in [5, 5.41) is 3.62. The Balaban J connectivity index is 1.51. The van der Waals surface area contributed by atoms with Gasteiger partial charge in [-0.15, -0.1) is 0 Å². The number of ether oxygens (including phenoxy) is 1. The highest BCUT2D eigenvalue weighted by Gasteiger charge is 2.14. The summed E-state index contributed by atoms with van der Waals surface area (Å²) in [5.74, 6) is 0.550. The van der Waals surface area contributed by atoms with Crippen LogP contribution in [0.2, 0.25) is 5.02 Å². The zero-order valence-corrected chi connectivity index (χ0v) is 15.9. The maximum Gasteiger partial charge on any atom is 0.258 e. The Kier molecular flexibility index (Phi) is 6.53. The van der Waals surface area contributed by atoms with E-state index in [0.29, 0.717) is 17.3 Å². The van der Waals surface area contributed by atoms with Crippen molar-refractivity contribution in [2.75, 3.05) is 19.7 Å². The topological polar surface area (TPSA) is 41.6 Å². The molecule has 26 heavy (non-hydrogen) atoms. The fourth-order valence-electron chi connectivity index (χ4n) is 3.23. The van der Waals surface area contributed by atoms with Gasteiger partial charge in [0.25, 0.3) is 5.91 Å². The Morgan fingerprint density at radius 3 is 2.62 bits per heavy atom. The fourth-order valence-corrected chi connectivity index (χ4v) is 3.46. The third-order valence-electron chi connectivity index (χ3n) is 4.68. The smallest absolute Gasteiger partial charge is 0.258 e. The van der Waals surface area contributed by atoms with Crippen LogP contribution in [0.15, 0.2) is 42.5 Å². The van der Waals surface area contributed by atoms with Crippen molar-refractivity contribution in [1.29, 1.82) is 0 Å². The van der Waals surface area contributed by atoms with Crippen LogP contribution in [-0.4, -0.2) is 30.5 Å². The predicted octanol–water partition coefficient (Wildman–Crippen LogP) is 3.94. The van der Waals surface area contributed by atoms with E-state index in [4.69, 9.17) is 16.3 Å². The molecule has 1 amide bonds. The molecule has 2 aromatic carbocycles. The number of carbonyl (C=O) groups is 1. The maximum absolute atomic E-state index is 12.2. The molecule has 0 aromatic heterocycles. The first-order valence-electron chi connectivity index (χ1n) is 9.06. The molecule has 0 spiro atoms. The van der Waals surface area contributed by atoms with Gasteiger partial charge in [0.05, 0.1) is 0 Å². The molecule has 1 saturated heterocycles. The summed E-state index contributed by atoms with van der Waals surface area (Å²) in [6.45, 7) is 5.70.